The second kappa shape index (κ2) is 10.3. The van der Waals surface area contributed by atoms with E-state index in [1.807, 2.05) is 12.1 Å². The Morgan fingerprint density at radius 3 is 2.22 bits per heavy atom. The van der Waals surface area contributed by atoms with Gasteiger partial charge in [-0.1, -0.05) is 62.8 Å². The zero-order valence-electron chi connectivity index (χ0n) is 14.0. The molecule has 0 unspecified atom stereocenters. The van der Waals surface area contributed by atoms with Crippen LogP contribution >= 0.6 is 11.6 Å². The first-order valence-corrected chi connectivity index (χ1v) is 9.07. The Morgan fingerprint density at radius 2 is 1.52 bits per heavy atom. The minimum Gasteiger partial charge on any atom is -0.350 e. The fourth-order valence-corrected chi connectivity index (χ4v) is 2.69. The molecule has 0 atom stereocenters. The molecule has 0 saturated carbocycles. The van der Waals surface area contributed by atoms with Crippen LogP contribution in [0.25, 0.3) is 0 Å². The van der Waals surface area contributed by atoms with E-state index in [2.05, 4.69) is 53.1 Å². The van der Waals surface area contributed by atoms with Gasteiger partial charge >= 0.3 is 0 Å². The monoisotopic (exact) mass is 330 g/mol. The maximum atomic E-state index is 5.91. The average molecular weight is 331 g/mol. The number of benzene rings is 1. The summed E-state index contributed by atoms with van der Waals surface area (Å²) < 4.78 is 2.16. The van der Waals surface area contributed by atoms with Gasteiger partial charge in [-0.15, -0.1) is 0 Å². The number of rotatable bonds is 9. The molecule has 1 heterocycles. The summed E-state index contributed by atoms with van der Waals surface area (Å²) in [6.07, 6.45) is 12.1. The smallest absolute Gasteiger partial charge is 0.0603 e. The van der Waals surface area contributed by atoms with Gasteiger partial charge in [0, 0.05) is 30.5 Å². The van der Waals surface area contributed by atoms with Crippen molar-refractivity contribution in [3.63, 3.8) is 0 Å². The second-order valence-corrected chi connectivity index (χ2v) is 6.44. The van der Waals surface area contributed by atoms with Gasteiger partial charge in [-0.2, -0.15) is 0 Å². The van der Waals surface area contributed by atoms with E-state index in [9.17, 15) is 0 Å². The van der Waals surface area contributed by atoms with Crippen LogP contribution in [0.1, 0.15) is 51.0 Å². The van der Waals surface area contributed by atoms with Crippen LogP contribution < -0.4 is 5.36 Å². The number of aromatic nitrogens is 1. The Kier molecular flexibility index (Phi) is 7.96. The number of halogens is 1. The van der Waals surface area contributed by atoms with Crippen molar-refractivity contribution in [1.82, 2.24) is 4.57 Å². The molecule has 0 fully saturated rings. The van der Waals surface area contributed by atoms with Gasteiger partial charge in [-0.25, -0.2) is 0 Å². The molecule has 1 aromatic heterocycles. The normalized spacial score (nSPS) is 10.7. The highest BCUT2D eigenvalue weighted by Crippen LogP contribution is 2.10. The highest BCUT2D eigenvalue weighted by Gasteiger charge is 1.94. The van der Waals surface area contributed by atoms with Crippen LogP contribution in [-0.4, -0.2) is 11.1 Å². The molecule has 0 spiro atoms. The van der Waals surface area contributed by atoms with Gasteiger partial charge in [0.2, 0.25) is 0 Å². The molecule has 0 aliphatic rings. The van der Waals surface area contributed by atoms with Gasteiger partial charge in [0.25, 0.3) is 0 Å². The fourth-order valence-electron chi connectivity index (χ4n) is 2.56. The second-order valence-electron chi connectivity index (χ2n) is 6.00. The molecular formula is C20H27ClN2. The van der Waals surface area contributed by atoms with Gasteiger partial charge in [0.05, 0.1) is 5.36 Å². The highest BCUT2D eigenvalue weighted by atomic mass is 35.5. The summed E-state index contributed by atoms with van der Waals surface area (Å²) in [7, 11) is 0. The van der Waals surface area contributed by atoms with Crippen LogP contribution in [-0.2, 0) is 6.54 Å². The van der Waals surface area contributed by atoms with Gasteiger partial charge < -0.3 is 4.57 Å². The van der Waals surface area contributed by atoms with Crippen molar-refractivity contribution in [3.05, 3.63) is 64.7 Å². The van der Waals surface area contributed by atoms with Crippen molar-refractivity contribution in [1.29, 1.82) is 0 Å². The summed E-state index contributed by atoms with van der Waals surface area (Å²) >= 11 is 5.91. The van der Waals surface area contributed by atoms with E-state index in [1.165, 1.54) is 44.1 Å². The molecule has 1 aromatic carbocycles. The fraction of sp³-hybridized carbons (Fsp3) is 0.450. The maximum Gasteiger partial charge on any atom is 0.0603 e. The van der Waals surface area contributed by atoms with Crippen molar-refractivity contribution < 1.29 is 0 Å². The average Bonchev–Trinajstić information content (AvgIpc) is 2.58. The van der Waals surface area contributed by atoms with Crippen LogP contribution in [0.3, 0.4) is 0 Å². The Hall–Kier alpha value is -1.54. The first-order chi connectivity index (χ1) is 11.3. The minimum absolute atomic E-state index is 0.780. The first kappa shape index (κ1) is 17.8. The lowest BCUT2D eigenvalue weighted by Crippen LogP contribution is -2.07. The molecule has 23 heavy (non-hydrogen) atoms. The third kappa shape index (κ3) is 7.04. The zero-order chi connectivity index (χ0) is 16.3. The van der Waals surface area contributed by atoms with E-state index < -0.39 is 0 Å². The van der Waals surface area contributed by atoms with Crippen molar-refractivity contribution in [2.45, 2.75) is 52.0 Å². The lowest BCUT2D eigenvalue weighted by atomic mass is 10.1. The Labute approximate surface area is 144 Å². The number of hydrogen-bond acceptors (Lipinski definition) is 1. The van der Waals surface area contributed by atoms with Crippen LogP contribution in [0, 0.1) is 0 Å². The molecule has 0 saturated heterocycles. The summed E-state index contributed by atoms with van der Waals surface area (Å²) in [5, 5.41) is 1.86. The van der Waals surface area contributed by atoms with Crippen molar-refractivity contribution in [2.75, 3.05) is 6.54 Å². The molecule has 0 aliphatic carbocycles. The third-order valence-corrected chi connectivity index (χ3v) is 4.21. The molecule has 0 aliphatic heterocycles. The first-order valence-electron chi connectivity index (χ1n) is 8.69. The largest absolute Gasteiger partial charge is 0.350 e. The molecule has 0 bridgehead atoms. The predicted octanol–water partition coefficient (Wildman–Crippen LogP) is 5.45. The Bertz CT molecular complexity index is 608. The lowest BCUT2D eigenvalue weighted by Gasteiger charge is -2.06. The van der Waals surface area contributed by atoms with Crippen molar-refractivity contribution >= 4 is 11.6 Å². The predicted molar refractivity (Wildman–Crippen MR) is 98.8 cm³/mol. The molecule has 0 amide bonds. The summed E-state index contributed by atoms with van der Waals surface area (Å²) in [5.41, 5.74) is 1.25. The quantitative estimate of drug-likeness (QED) is 0.544. The minimum atomic E-state index is 0.780. The zero-order valence-corrected chi connectivity index (χ0v) is 14.8. The van der Waals surface area contributed by atoms with Crippen LogP contribution in [0.2, 0.25) is 5.02 Å². The summed E-state index contributed by atoms with van der Waals surface area (Å²) in [6.45, 7) is 4.05. The molecule has 2 aromatic rings. The molecule has 2 rings (SSSR count). The molecule has 0 radical (unpaired) electrons. The molecular weight excluding hydrogens is 304 g/mol. The van der Waals surface area contributed by atoms with Crippen LogP contribution in [0.5, 0.6) is 0 Å². The van der Waals surface area contributed by atoms with E-state index in [-0.39, 0.29) is 0 Å². The molecule has 2 nitrogen and oxygen atoms in total. The molecule has 124 valence electrons. The Morgan fingerprint density at radius 1 is 0.870 bits per heavy atom. The lowest BCUT2D eigenvalue weighted by molar-refractivity contribution is 0.610. The van der Waals surface area contributed by atoms with E-state index in [4.69, 9.17) is 11.6 Å². The van der Waals surface area contributed by atoms with Crippen LogP contribution in [0.4, 0.5) is 0 Å². The summed E-state index contributed by atoms with van der Waals surface area (Å²) in [4.78, 5) is 4.65. The highest BCUT2D eigenvalue weighted by molar-refractivity contribution is 6.30. The van der Waals surface area contributed by atoms with Gasteiger partial charge in [0.15, 0.2) is 0 Å². The number of hydrogen-bond donors (Lipinski definition) is 0. The van der Waals surface area contributed by atoms with Crippen molar-refractivity contribution in [3.8, 4) is 0 Å². The SMILES string of the molecule is CCCCCCCCN=c1ccn(Cc2ccc(Cl)cc2)cc1. The number of pyridine rings is 1. The van der Waals surface area contributed by atoms with Gasteiger partial charge in [-0.05, 0) is 36.2 Å². The van der Waals surface area contributed by atoms with E-state index in [1.54, 1.807) is 0 Å². The van der Waals surface area contributed by atoms with E-state index in [0.717, 1.165) is 23.5 Å². The summed E-state index contributed by atoms with van der Waals surface area (Å²) in [5.74, 6) is 0. The van der Waals surface area contributed by atoms with Gasteiger partial charge in [0.1, 0.15) is 0 Å². The summed E-state index contributed by atoms with van der Waals surface area (Å²) in [6, 6.07) is 12.2. The number of unbranched alkanes of at least 4 members (excludes halogenated alkanes) is 5. The third-order valence-electron chi connectivity index (χ3n) is 3.96. The van der Waals surface area contributed by atoms with Crippen LogP contribution in [0.15, 0.2) is 53.8 Å². The van der Waals surface area contributed by atoms with E-state index >= 15 is 0 Å². The molecule has 0 N–H and O–H groups in total. The maximum absolute atomic E-state index is 5.91. The van der Waals surface area contributed by atoms with E-state index in [0.29, 0.717) is 0 Å². The van der Waals surface area contributed by atoms with Gasteiger partial charge in [-0.3, -0.25) is 4.99 Å². The molecule has 3 heteroatoms. The Balaban J connectivity index is 1.77. The van der Waals surface area contributed by atoms with Crippen molar-refractivity contribution in [2.24, 2.45) is 4.99 Å². The number of nitrogens with zero attached hydrogens (tertiary/aromatic N) is 2. The topological polar surface area (TPSA) is 17.3 Å². The standard InChI is InChI=1S/C20H27ClN2/c1-2-3-4-5-6-7-14-22-20-12-15-23(16-13-20)17-18-8-10-19(21)11-9-18/h8-13,15-16H,2-7,14,17H2,1H3.